The third kappa shape index (κ3) is 3.01. The van der Waals surface area contributed by atoms with Gasteiger partial charge in [-0.2, -0.15) is 0 Å². The van der Waals surface area contributed by atoms with Crippen molar-refractivity contribution in [3.05, 3.63) is 10.6 Å². The predicted octanol–water partition coefficient (Wildman–Crippen LogP) is 2.70. The van der Waals surface area contributed by atoms with Crippen molar-refractivity contribution in [2.45, 2.75) is 0 Å². The summed E-state index contributed by atoms with van der Waals surface area (Å²) in [5, 5.41) is 1.26. The predicted molar refractivity (Wildman–Crippen MR) is 33.6 cm³/mol. The number of rotatable bonds is 1. The Morgan fingerprint density at radius 1 is 1.83 bits per heavy atom. The molecule has 0 N–H and O–H groups in total. The molecule has 0 aromatic carbocycles. The molecular formula is C3H3BrCl2. The largest absolute Gasteiger partial charge is 0.0917 e. The highest BCUT2D eigenvalue weighted by atomic mass is 79.9. The van der Waals surface area contributed by atoms with Crippen molar-refractivity contribution < 1.29 is 0 Å². The van der Waals surface area contributed by atoms with E-state index in [9.17, 15) is 0 Å². The topological polar surface area (TPSA) is 0 Å². The van der Waals surface area contributed by atoms with Crippen LogP contribution in [0.3, 0.4) is 0 Å². The summed E-state index contributed by atoms with van der Waals surface area (Å²) in [5.41, 5.74) is 1.33. The van der Waals surface area contributed by atoms with Crippen molar-refractivity contribution in [1.29, 1.82) is 0 Å². The van der Waals surface area contributed by atoms with E-state index in [0.29, 0.717) is 10.4 Å². The first-order valence-corrected chi connectivity index (χ1v) is 3.25. The van der Waals surface area contributed by atoms with Crippen LogP contribution in [0.5, 0.6) is 0 Å². The van der Waals surface area contributed by atoms with Crippen LogP contribution in [-0.2, 0) is 0 Å². The standard InChI is InChI=1S/C3H3BrCl2/c4-1-3(6)2-5/h2H,1H2/b3-2+. The molecule has 0 aliphatic heterocycles. The molecule has 0 saturated heterocycles. The average Bonchev–Trinajstić information content (AvgIpc) is 1.65. The highest BCUT2D eigenvalue weighted by Gasteiger charge is 1.80. The minimum absolute atomic E-state index is 0.622. The maximum absolute atomic E-state index is 5.33. The maximum atomic E-state index is 5.33. The fourth-order valence-electron chi connectivity index (χ4n) is 0.0292. The Balaban J connectivity index is 3.22. The number of alkyl halides is 1. The SMILES string of the molecule is Cl/C=C(/Cl)CBr. The third-order valence-electron chi connectivity index (χ3n) is 0.246. The van der Waals surface area contributed by atoms with Gasteiger partial charge in [-0.1, -0.05) is 39.1 Å². The van der Waals surface area contributed by atoms with Crippen LogP contribution in [-0.4, -0.2) is 5.33 Å². The van der Waals surface area contributed by atoms with Crippen LogP contribution in [0.15, 0.2) is 10.6 Å². The van der Waals surface area contributed by atoms with E-state index in [4.69, 9.17) is 23.2 Å². The lowest BCUT2D eigenvalue weighted by atomic mass is 10.8. The molecule has 36 valence electrons. The molecule has 0 spiro atoms. The summed E-state index contributed by atoms with van der Waals surface area (Å²) in [6.07, 6.45) is 0. The van der Waals surface area contributed by atoms with E-state index in [1.807, 2.05) is 0 Å². The molecule has 0 aliphatic rings. The lowest BCUT2D eigenvalue weighted by Crippen LogP contribution is -1.63. The molecule has 0 fully saturated rings. The fourth-order valence-corrected chi connectivity index (χ4v) is 0.455. The van der Waals surface area contributed by atoms with Crippen LogP contribution in [0.25, 0.3) is 0 Å². The van der Waals surface area contributed by atoms with Gasteiger partial charge in [0.15, 0.2) is 0 Å². The van der Waals surface area contributed by atoms with E-state index in [2.05, 4.69) is 15.9 Å². The van der Waals surface area contributed by atoms with E-state index in [-0.39, 0.29) is 0 Å². The minimum Gasteiger partial charge on any atom is -0.0917 e. The van der Waals surface area contributed by atoms with Crippen molar-refractivity contribution in [3.63, 3.8) is 0 Å². The molecule has 0 saturated carbocycles. The second kappa shape index (κ2) is 3.97. The third-order valence-corrected chi connectivity index (χ3v) is 1.79. The van der Waals surface area contributed by atoms with Crippen LogP contribution in [0, 0.1) is 0 Å². The van der Waals surface area contributed by atoms with E-state index >= 15 is 0 Å². The molecular weight excluding hydrogens is 187 g/mol. The Kier molecular flexibility index (Phi) is 4.50. The van der Waals surface area contributed by atoms with Gasteiger partial charge < -0.3 is 0 Å². The second-order valence-corrected chi connectivity index (χ2v) is 1.95. The average molecular weight is 190 g/mol. The van der Waals surface area contributed by atoms with Gasteiger partial charge in [-0.05, 0) is 0 Å². The van der Waals surface area contributed by atoms with Gasteiger partial charge in [0.05, 0.1) is 0 Å². The summed E-state index contributed by atoms with van der Waals surface area (Å²) in [6, 6.07) is 0. The second-order valence-electron chi connectivity index (χ2n) is 0.690. The van der Waals surface area contributed by atoms with Gasteiger partial charge in [0.25, 0.3) is 0 Å². The molecule has 0 radical (unpaired) electrons. The number of hydrogen-bond acceptors (Lipinski definition) is 0. The molecule has 6 heavy (non-hydrogen) atoms. The molecule has 0 aromatic rings. The van der Waals surface area contributed by atoms with Gasteiger partial charge in [-0.15, -0.1) is 0 Å². The van der Waals surface area contributed by atoms with Crippen LogP contribution < -0.4 is 0 Å². The van der Waals surface area contributed by atoms with Gasteiger partial charge in [0, 0.05) is 15.9 Å². The zero-order valence-electron chi connectivity index (χ0n) is 2.92. The summed E-state index contributed by atoms with van der Waals surface area (Å²) < 4.78 is 0. The van der Waals surface area contributed by atoms with Crippen LogP contribution in [0.1, 0.15) is 0 Å². The monoisotopic (exact) mass is 188 g/mol. The molecule has 0 heterocycles. The molecule has 0 aliphatic carbocycles. The van der Waals surface area contributed by atoms with Gasteiger partial charge in [0.1, 0.15) is 0 Å². The summed E-state index contributed by atoms with van der Waals surface area (Å²) in [5.74, 6) is 0. The molecule has 0 aromatic heterocycles. The van der Waals surface area contributed by atoms with Gasteiger partial charge >= 0.3 is 0 Å². The zero-order valence-corrected chi connectivity index (χ0v) is 6.02. The number of allylic oxidation sites excluding steroid dienone is 1. The highest BCUT2D eigenvalue weighted by molar-refractivity contribution is 9.09. The van der Waals surface area contributed by atoms with E-state index in [1.54, 1.807) is 0 Å². The Morgan fingerprint density at radius 3 is 2.33 bits per heavy atom. The number of halogens is 3. The van der Waals surface area contributed by atoms with Gasteiger partial charge in [0.2, 0.25) is 0 Å². The van der Waals surface area contributed by atoms with E-state index < -0.39 is 0 Å². The quantitative estimate of drug-likeness (QED) is 0.557. The molecule has 0 nitrogen and oxygen atoms in total. The van der Waals surface area contributed by atoms with Crippen molar-refractivity contribution >= 4 is 39.1 Å². The smallest absolute Gasteiger partial charge is 0.0399 e. The zero-order chi connectivity index (χ0) is 4.99. The first-order chi connectivity index (χ1) is 2.81. The Morgan fingerprint density at radius 2 is 2.33 bits per heavy atom. The molecule has 0 rings (SSSR count). The molecule has 0 atom stereocenters. The van der Waals surface area contributed by atoms with Crippen molar-refractivity contribution in [2.75, 3.05) is 5.33 Å². The van der Waals surface area contributed by atoms with Crippen LogP contribution in [0.2, 0.25) is 0 Å². The Bertz CT molecular complexity index is 59.8. The first kappa shape index (κ1) is 6.80. The van der Waals surface area contributed by atoms with Crippen LogP contribution in [0.4, 0.5) is 0 Å². The number of hydrogen-bond donors (Lipinski definition) is 0. The minimum atomic E-state index is 0.622. The van der Waals surface area contributed by atoms with Gasteiger partial charge in [-0.25, -0.2) is 0 Å². The maximum Gasteiger partial charge on any atom is 0.0399 e. The Hall–Kier alpha value is 0.800. The summed E-state index contributed by atoms with van der Waals surface area (Å²) in [7, 11) is 0. The molecule has 3 heteroatoms. The summed E-state index contributed by atoms with van der Waals surface area (Å²) >= 11 is 13.6. The lowest BCUT2D eigenvalue weighted by Gasteiger charge is -1.78. The van der Waals surface area contributed by atoms with E-state index in [0.717, 1.165) is 0 Å². The van der Waals surface area contributed by atoms with E-state index in [1.165, 1.54) is 5.54 Å². The Labute approximate surface area is 55.3 Å². The molecule has 0 unspecified atom stereocenters. The van der Waals surface area contributed by atoms with Crippen LogP contribution >= 0.6 is 39.1 Å². The highest BCUT2D eigenvalue weighted by Crippen LogP contribution is 2.04. The summed E-state index contributed by atoms with van der Waals surface area (Å²) in [4.78, 5) is 0. The summed E-state index contributed by atoms with van der Waals surface area (Å²) in [6.45, 7) is 0. The fraction of sp³-hybridized carbons (Fsp3) is 0.333. The van der Waals surface area contributed by atoms with Crippen molar-refractivity contribution in [1.82, 2.24) is 0 Å². The van der Waals surface area contributed by atoms with Crippen molar-refractivity contribution in [2.24, 2.45) is 0 Å². The molecule has 0 amide bonds. The van der Waals surface area contributed by atoms with Crippen molar-refractivity contribution in [3.8, 4) is 0 Å². The lowest BCUT2D eigenvalue weighted by molar-refractivity contribution is 1.76. The van der Waals surface area contributed by atoms with Gasteiger partial charge in [-0.3, -0.25) is 0 Å². The normalized spacial score (nSPS) is 12.2. The molecule has 0 bridgehead atoms. The first-order valence-electron chi connectivity index (χ1n) is 1.32.